The van der Waals surface area contributed by atoms with Gasteiger partial charge in [-0.2, -0.15) is 0 Å². The van der Waals surface area contributed by atoms with Gasteiger partial charge in [0, 0.05) is 19.3 Å². The lowest BCUT2D eigenvalue weighted by molar-refractivity contribution is -0.0444. The van der Waals surface area contributed by atoms with Crippen molar-refractivity contribution in [3.05, 3.63) is 70.8 Å². The maximum atomic E-state index is 10.7. The van der Waals surface area contributed by atoms with E-state index in [1.165, 1.54) is 11.1 Å². The molecular weight excluding hydrogens is 284 g/mol. The normalized spacial score (nSPS) is 16.6. The van der Waals surface area contributed by atoms with Crippen LogP contribution in [0.2, 0.25) is 0 Å². The van der Waals surface area contributed by atoms with Gasteiger partial charge in [0.15, 0.2) is 0 Å². The second-order valence-corrected chi connectivity index (χ2v) is 7.50. The van der Waals surface area contributed by atoms with Crippen LogP contribution in [-0.4, -0.2) is 21.4 Å². The fraction of sp³-hybridized carbons (Fsp3) is 0.429. The summed E-state index contributed by atoms with van der Waals surface area (Å²) in [6, 6.07) is 16.4. The van der Waals surface area contributed by atoms with Crippen LogP contribution >= 0.6 is 0 Å². The van der Waals surface area contributed by atoms with Crippen LogP contribution in [0.15, 0.2) is 48.5 Å². The van der Waals surface area contributed by atoms with Crippen molar-refractivity contribution in [2.45, 2.75) is 58.2 Å². The minimum Gasteiger partial charge on any atom is -0.390 e. The van der Waals surface area contributed by atoms with Crippen molar-refractivity contribution in [1.82, 2.24) is 0 Å². The molecule has 2 aromatic carbocycles. The Morgan fingerprint density at radius 3 is 1.26 bits per heavy atom. The second kappa shape index (κ2) is 6.86. The summed E-state index contributed by atoms with van der Waals surface area (Å²) in [5, 5.41) is 21.5. The maximum absolute atomic E-state index is 10.7. The molecule has 23 heavy (non-hydrogen) atoms. The minimum absolute atomic E-state index is 0.335. The third-order valence-corrected chi connectivity index (χ3v) is 4.17. The summed E-state index contributed by atoms with van der Waals surface area (Å²) in [4.78, 5) is 0. The van der Waals surface area contributed by atoms with E-state index in [1.54, 1.807) is 13.8 Å². The lowest BCUT2D eigenvalue weighted by atomic mass is 9.82. The van der Waals surface area contributed by atoms with E-state index < -0.39 is 11.2 Å². The number of aryl methyl sites for hydroxylation is 2. The van der Waals surface area contributed by atoms with Gasteiger partial charge in [0.25, 0.3) is 0 Å². The predicted molar refractivity (Wildman–Crippen MR) is 95.6 cm³/mol. The molecule has 0 saturated carbocycles. The molecule has 0 unspecified atom stereocenters. The van der Waals surface area contributed by atoms with Gasteiger partial charge in [-0.25, -0.2) is 0 Å². The first-order valence-electron chi connectivity index (χ1n) is 8.21. The van der Waals surface area contributed by atoms with Crippen molar-refractivity contribution < 1.29 is 10.2 Å². The first kappa shape index (κ1) is 17.7. The Kier molecular flexibility index (Phi) is 5.28. The van der Waals surface area contributed by atoms with Gasteiger partial charge in [0.2, 0.25) is 0 Å². The number of hydrogen-bond acceptors (Lipinski definition) is 2. The Balaban J connectivity index is 2.02. The molecule has 124 valence electrons. The van der Waals surface area contributed by atoms with Crippen LogP contribution in [0.25, 0.3) is 0 Å². The summed E-state index contributed by atoms with van der Waals surface area (Å²) in [5.74, 6) is 0. The first-order chi connectivity index (χ1) is 10.7. The fourth-order valence-corrected chi connectivity index (χ4v) is 3.24. The zero-order valence-electron chi connectivity index (χ0n) is 14.6. The van der Waals surface area contributed by atoms with E-state index >= 15 is 0 Å². The highest BCUT2D eigenvalue weighted by Gasteiger charge is 2.32. The van der Waals surface area contributed by atoms with Gasteiger partial charge < -0.3 is 10.2 Å². The number of rotatable bonds is 6. The lowest BCUT2D eigenvalue weighted by Gasteiger charge is -2.33. The van der Waals surface area contributed by atoms with E-state index in [9.17, 15) is 10.2 Å². The molecule has 0 aliphatic carbocycles. The third-order valence-electron chi connectivity index (χ3n) is 4.17. The minimum atomic E-state index is -0.941. The zero-order valence-corrected chi connectivity index (χ0v) is 14.6. The first-order valence-corrected chi connectivity index (χ1v) is 8.21. The molecule has 2 nitrogen and oxygen atoms in total. The van der Waals surface area contributed by atoms with Crippen molar-refractivity contribution in [3.8, 4) is 0 Å². The SMILES string of the molecule is Cc1ccc(C[C@](C)(O)C[C@](C)(O)Cc2ccc(C)cc2)cc1. The van der Waals surface area contributed by atoms with Crippen LogP contribution in [0.1, 0.15) is 42.5 Å². The van der Waals surface area contributed by atoms with E-state index in [0.29, 0.717) is 19.3 Å². The molecule has 0 aliphatic heterocycles. The van der Waals surface area contributed by atoms with Crippen molar-refractivity contribution >= 4 is 0 Å². The average Bonchev–Trinajstić information content (AvgIpc) is 2.42. The van der Waals surface area contributed by atoms with Crippen LogP contribution in [0.4, 0.5) is 0 Å². The molecule has 2 atom stereocenters. The maximum Gasteiger partial charge on any atom is 0.0687 e. The molecule has 0 saturated heterocycles. The Morgan fingerprint density at radius 1 is 0.652 bits per heavy atom. The summed E-state index contributed by atoms with van der Waals surface area (Å²) in [5.41, 5.74) is 2.71. The summed E-state index contributed by atoms with van der Waals surface area (Å²) in [7, 11) is 0. The van der Waals surface area contributed by atoms with Crippen LogP contribution in [-0.2, 0) is 12.8 Å². The summed E-state index contributed by atoms with van der Waals surface area (Å²) in [6.45, 7) is 7.70. The lowest BCUT2D eigenvalue weighted by Crippen LogP contribution is -2.40. The molecule has 2 aromatic rings. The molecule has 2 N–H and O–H groups in total. The Labute approximate surface area is 139 Å². The number of hydrogen-bond donors (Lipinski definition) is 2. The molecule has 0 radical (unpaired) electrons. The van der Waals surface area contributed by atoms with Crippen molar-refractivity contribution in [2.75, 3.05) is 0 Å². The van der Waals surface area contributed by atoms with E-state index in [0.717, 1.165) is 11.1 Å². The van der Waals surface area contributed by atoms with Crippen molar-refractivity contribution in [3.63, 3.8) is 0 Å². The summed E-state index contributed by atoms with van der Waals surface area (Å²) in [6.07, 6.45) is 1.41. The van der Waals surface area contributed by atoms with Crippen molar-refractivity contribution in [1.29, 1.82) is 0 Å². The largest absolute Gasteiger partial charge is 0.390 e. The third kappa shape index (κ3) is 5.81. The van der Waals surface area contributed by atoms with Crippen LogP contribution < -0.4 is 0 Å². The molecule has 0 amide bonds. The van der Waals surface area contributed by atoms with Crippen LogP contribution in [0, 0.1) is 13.8 Å². The van der Waals surface area contributed by atoms with E-state index in [1.807, 2.05) is 38.1 Å². The van der Waals surface area contributed by atoms with Crippen molar-refractivity contribution in [2.24, 2.45) is 0 Å². The van der Waals surface area contributed by atoms with E-state index in [-0.39, 0.29) is 0 Å². The predicted octanol–water partition coefficient (Wildman–Crippen LogP) is 3.98. The summed E-state index contributed by atoms with van der Waals surface area (Å²) < 4.78 is 0. The molecule has 0 aliphatic rings. The molecule has 2 rings (SSSR count). The van der Waals surface area contributed by atoms with E-state index in [4.69, 9.17) is 0 Å². The highest BCUT2D eigenvalue weighted by Crippen LogP contribution is 2.27. The number of benzene rings is 2. The summed E-state index contributed by atoms with van der Waals surface area (Å²) >= 11 is 0. The van der Waals surface area contributed by atoms with Gasteiger partial charge in [0.1, 0.15) is 0 Å². The van der Waals surface area contributed by atoms with Crippen LogP contribution in [0.5, 0.6) is 0 Å². The van der Waals surface area contributed by atoms with Gasteiger partial charge in [-0.15, -0.1) is 0 Å². The molecular formula is C21H28O2. The zero-order chi connectivity index (χ0) is 17.1. The van der Waals surface area contributed by atoms with Gasteiger partial charge in [-0.1, -0.05) is 59.7 Å². The smallest absolute Gasteiger partial charge is 0.0687 e. The monoisotopic (exact) mass is 312 g/mol. The Morgan fingerprint density at radius 2 is 0.957 bits per heavy atom. The second-order valence-electron chi connectivity index (χ2n) is 7.50. The quantitative estimate of drug-likeness (QED) is 0.847. The highest BCUT2D eigenvalue weighted by atomic mass is 16.3. The topological polar surface area (TPSA) is 40.5 Å². The molecule has 2 heteroatoms. The molecule has 0 spiro atoms. The molecule has 0 heterocycles. The fourth-order valence-electron chi connectivity index (χ4n) is 3.24. The average molecular weight is 312 g/mol. The number of aliphatic hydroxyl groups is 2. The molecule has 0 fully saturated rings. The van der Waals surface area contributed by atoms with Gasteiger partial charge in [0.05, 0.1) is 11.2 Å². The Bertz CT molecular complexity index is 564. The standard InChI is InChI=1S/C21H28O2/c1-16-5-9-18(10-6-16)13-20(3,22)15-21(4,23)14-19-11-7-17(2)8-12-19/h5-12,22-23H,13-15H2,1-4H3/t20-,21+. The highest BCUT2D eigenvalue weighted by molar-refractivity contribution is 5.24. The molecule has 0 aromatic heterocycles. The van der Waals surface area contributed by atoms with Gasteiger partial charge >= 0.3 is 0 Å². The molecule has 0 bridgehead atoms. The van der Waals surface area contributed by atoms with E-state index in [2.05, 4.69) is 24.3 Å². The van der Waals surface area contributed by atoms with Gasteiger partial charge in [-0.3, -0.25) is 0 Å². The van der Waals surface area contributed by atoms with Crippen LogP contribution in [0.3, 0.4) is 0 Å². The Hall–Kier alpha value is -1.64. The van der Waals surface area contributed by atoms with Gasteiger partial charge in [-0.05, 0) is 38.8 Å².